The molecule has 0 aliphatic carbocycles. The largest absolute Gasteiger partial charge is 0.290 e. The van der Waals surface area contributed by atoms with Crippen LogP contribution in [-0.4, -0.2) is 15.6 Å². The van der Waals surface area contributed by atoms with E-state index in [1.807, 2.05) is 0 Å². The lowest BCUT2D eigenvalue weighted by molar-refractivity contribution is 0.858. The molecule has 1 nitrogen and oxygen atoms in total. The van der Waals surface area contributed by atoms with Crippen LogP contribution in [0, 0.1) is 0 Å². The van der Waals surface area contributed by atoms with Crippen LogP contribution in [0.1, 0.15) is 13.3 Å². The first-order valence-electron chi connectivity index (χ1n) is 2.45. The van der Waals surface area contributed by atoms with Gasteiger partial charge in [0.25, 0.3) is 0 Å². The van der Waals surface area contributed by atoms with Crippen molar-refractivity contribution in [2.45, 2.75) is 13.3 Å². The molecule has 0 amide bonds. The molecule has 0 saturated carbocycles. The molecule has 2 heteroatoms. The third kappa shape index (κ3) is 6.56. The summed E-state index contributed by atoms with van der Waals surface area (Å²) in [5, 5.41) is 3.21. The number of nitrogens with one attached hydrogen (secondary N) is 1. The van der Waals surface area contributed by atoms with Gasteiger partial charge in [-0.3, -0.25) is 5.32 Å². The van der Waals surface area contributed by atoms with Crippen LogP contribution in [0.4, 0.5) is 0 Å². The average molecular weight is 213 g/mol. The minimum absolute atomic E-state index is 0.359. The molecule has 0 spiro atoms. The summed E-state index contributed by atoms with van der Waals surface area (Å²) in [7, 11) is 0. The summed E-state index contributed by atoms with van der Waals surface area (Å²) in [5.41, 5.74) is 0. The first-order valence-corrected chi connectivity index (χ1v) is 5.85. The minimum Gasteiger partial charge on any atom is -0.290 e. The summed E-state index contributed by atoms with van der Waals surface area (Å²) in [6.45, 7) is 3.32. The van der Waals surface area contributed by atoms with Gasteiger partial charge in [0.05, 0.1) is 0 Å². The molecule has 0 aromatic rings. The van der Waals surface area contributed by atoms with Crippen molar-refractivity contribution < 1.29 is 0 Å². The molecule has 0 radical (unpaired) electrons. The van der Waals surface area contributed by atoms with E-state index in [-0.39, 0.29) is 0 Å². The number of hydrogen-bond donors (Lipinski definition) is 1. The van der Waals surface area contributed by atoms with Gasteiger partial charge in [0.15, 0.2) is 0 Å². The van der Waals surface area contributed by atoms with Gasteiger partial charge in [-0.05, 0) is 17.9 Å². The van der Waals surface area contributed by atoms with Crippen LogP contribution < -0.4 is 5.32 Å². The Hall–Kier alpha value is 0.560. The Morgan fingerprint density at radius 3 is 2.86 bits per heavy atom. The second kappa shape index (κ2) is 6.56. The van der Waals surface area contributed by atoms with Crippen molar-refractivity contribution in [2.24, 2.45) is 0 Å². The van der Waals surface area contributed by atoms with E-state index in [0.29, 0.717) is 20.7 Å². The minimum atomic E-state index is 0.359. The molecule has 44 valence electrons. The topological polar surface area (TPSA) is 12.0 Å². The Balaban J connectivity index is 2.69. The van der Waals surface area contributed by atoms with Crippen molar-refractivity contribution in [1.29, 1.82) is 0 Å². The average Bonchev–Trinajstić information content (AvgIpc) is 1.69. The SMILES string of the molecule is CCCNC=IC. The van der Waals surface area contributed by atoms with Crippen molar-refractivity contribution in [3.05, 3.63) is 0 Å². The van der Waals surface area contributed by atoms with Crippen molar-refractivity contribution >= 4 is 24.9 Å². The van der Waals surface area contributed by atoms with Gasteiger partial charge in [-0.25, -0.2) is 0 Å². The lowest BCUT2D eigenvalue weighted by Gasteiger charge is -1.88. The number of halogens is 1. The molecule has 0 aliphatic rings. The predicted octanol–water partition coefficient (Wildman–Crippen LogP) is 1.35. The van der Waals surface area contributed by atoms with Crippen LogP contribution in [0.25, 0.3) is 0 Å². The molecule has 0 saturated heterocycles. The fourth-order valence-electron chi connectivity index (χ4n) is 0.276. The van der Waals surface area contributed by atoms with Gasteiger partial charge < -0.3 is 0 Å². The maximum absolute atomic E-state index is 3.21. The highest BCUT2D eigenvalue weighted by Gasteiger charge is 1.70. The van der Waals surface area contributed by atoms with Crippen LogP contribution >= 0.6 is 20.7 Å². The van der Waals surface area contributed by atoms with E-state index < -0.39 is 0 Å². The number of alkyl halides is 1. The zero-order chi connectivity index (χ0) is 5.54. The molecule has 7 heavy (non-hydrogen) atoms. The highest BCUT2D eigenvalue weighted by molar-refractivity contribution is 14.2. The zero-order valence-electron chi connectivity index (χ0n) is 4.87. The quantitative estimate of drug-likeness (QED) is 0.424. The lowest BCUT2D eigenvalue weighted by Crippen LogP contribution is -2.09. The van der Waals surface area contributed by atoms with Crippen LogP contribution in [-0.2, 0) is 0 Å². The van der Waals surface area contributed by atoms with Gasteiger partial charge in [0.2, 0.25) is 0 Å². The monoisotopic (exact) mass is 213 g/mol. The smallest absolute Gasteiger partial charge is 0.00690 e. The Labute approximate surface area is 55.2 Å². The molecule has 0 unspecified atom stereocenters. The van der Waals surface area contributed by atoms with Crippen LogP contribution in [0.15, 0.2) is 0 Å². The van der Waals surface area contributed by atoms with Gasteiger partial charge in [0.1, 0.15) is 0 Å². The Morgan fingerprint density at radius 2 is 2.43 bits per heavy atom. The maximum Gasteiger partial charge on any atom is 0.00690 e. The highest BCUT2D eigenvalue weighted by Crippen LogP contribution is 1.77. The highest BCUT2D eigenvalue weighted by atomic mass is 127. The fourth-order valence-corrected chi connectivity index (χ4v) is 1.03. The molecule has 0 aromatic carbocycles. The third-order valence-corrected chi connectivity index (χ3v) is 1.64. The van der Waals surface area contributed by atoms with Gasteiger partial charge in [-0.2, -0.15) is 0 Å². The number of rotatable bonds is 3. The van der Waals surface area contributed by atoms with Crippen LogP contribution in [0.3, 0.4) is 0 Å². The van der Waals surface area contributed by atoms with E-state index in [1.165, 1.54) is 6.42 Å². The molecular weight excluding hydrogens is 201 g/mol. The molecule has 1 N–H and O–H groups in total. The Morgan fingerprint density at radius 1 is 1.71 bits per heavy atom. The summed E-state index contributed by atoms with van der Waals surface area (Å²) >= 11 is 0.359. The van der Waals surface area contributed by atoms with Crippen molar-refractivity contribution in [3.8, 4) is 0 Å². The summed E-state index contributed by atoms with van der Waals surface area (Å²) in [6.07, 6.45) is 1.24. The van der Waals surface area contributed by atoms with E-state index in [2.05, 4.69) is 21.3 Å². The summed E-state index contributed by atoms with van der Waals surface area (Å²) in [5.74, 6) is 0. The first-order chi connectivity index (χ1) is 3.41. The second-order valence-electron chi connectivity index (χ2n) is 1.28. The third-order valence-electron chi connectivity index (χ3n) is 0.581. The maximum atomic E-state index is 3.21. The standard InChI is InChI=1S/C5H12IN/c1-3-4-7-5-6-2/h5,7H,3-4H2,1-2H3. The van der Waals surface area contributed by atoms with Gasteiger partial charge in [0, 0.05) is 4.14 Å². The molecule has 0 fully saturated rings. The molecule has 0 rings (SSSR count). The molecule has 0 aromatic heterocycles. The van der Waals surface area contributed by atoms with Gasteiger partial charge >= 0.3 is 0 Å². The van der Waals surface area contributed by atoms with Gasteiger partial charge in [-0.1, -0.05) is 6.92 Å². The Kier molecular flexibility index (Phi) is 7.08. The van der Waals surface area contributed by atoms with E-state index in [0.717, 1.165) is 6.54 Å². The summed E-state index contributed by atoms with van der Waals surface area (Å²) < 4.78 is 2.20. The van der Waals surface area contributed by atoms with E-state index in [4.69, 9.17) is 0 Å². The van der Waals surface area contributed by atoms with Crippen molar-refractivity contribution in [2.75, 3.05) is 11.5 Å². The van der Waals surface area contributed by atoms with Crippen molar-refractivity contribution in [1.82, 2.24) is 5.32 Å². The fraction of sp³-hybridized carbons (Fsp3) is 0.800. The zero-order valence-corrected chi connectivity index (χ0v) is 7.03. The molecule has 0 heterocycles. The van der Waals surface area contributed by atoms with E-state index in [9.17, 15) is 0 Å². The second-order valence-corrected chi connectivity index (χ2v) is 3.15. The molecule has 0 aliphatic heterocycles. The normalized spacial score (nSPS) is 11.7. The summed E-state index contributed by atoms with van der Waals surface area (Å²) in [4.78, 5) is 2.24. The number of hydrogen-bond acceptors (Lipinski definition) is 1. The van der Waals surface area contributed by atoms with Gasteiger partial charge in [-0.15, -0.1) is 20.7 Å². The van der Waals surface area contributed by atoms with E-state index >= 15 is 0 Å². The molecule has 0 bridgehead atoms. The first kappa shape index (κ1) is 7.56. The lowest BCUT2D eigenvalue weighted by atomic mass is 10.5. The van der Waals surface area contributed by atoms with Crippen LogP contribution in [0.2, 0.25) is 0 Å². The summed E-state index contributed by atoms with van der Waals surface area (Å²) in [6, 6.07) is 0. The van der Waals surface area contributed by atoms with E-state index in [1.54, 1.807) is 0 Å². The molecule has 0 atom stereocenters. The predicted molar refractivity (Wildman–Crippen MR) is 44.3 cm³/mol. The molecular formula is C5H12IN. The Bertz CT molecular complexity index is 52.0. The van der Waals surface area contributed by atoms with Crippen LogP contribution in [0.5, 0.6) is 0 Å². The van der Waals surface area contributed by atoms with Crippen molar-refractivity contribution in [3.63, 3.8) is 0 Å².